The highest BCUT2D eigenvalue weighted by atomic mass is 19.1. The van der Waals surface area contributed by atoms with Gasteiger partial charge in [-0.05, 0) is 87.0 Å². The monoisotopic (exact) mass is 598 g/mol. The number of fused-ring (bicyclic) bond motifs is 3. The predicted octanol–water partition coefficient (Wildman–Crippen LogP) is 7.58. The van der Waals surface area contributed by atoms with Gasteiger partial charge in [0.25, 0.3) is 5.69 Å². The van der Waals surface area contributed by atoms with E-state index in [4.69, 9.17) is 14.3 Å². The number of oxime groups is 1. The number of nitro benzene ring substituents is 1. The average molecular weight is 599 g/mol. The van der Waals surface area contributed by atoms with E-state index in [0.29, 0.717) is 41.4 Å². The Morgan fingerprint density at radius 1 is 1.02 bits per heavy atom. The SMILES string of the molecule is CCn1c2ccc(/C(=N/OC(=O)Nc3ccc(F)cc3)c3ccc(OC(C)COC)cc3C)cc2c2cc([N+](=O)[O-])ccc21. The highest BCUT2D eigenvalue weighted by Gasteiger charge is 2.19. The van der Waals surface area contributed by atoms with Crippen LogP contribution in [0.15, 0.2) is 84.0 Å². The summed E-state index contributed by atoms with van der Waals surface area (Å²) in [5, 5.41) is 19.9. The summed E-state index contributed by atoms with van der Waals surface area (Å²) in [6.45, 7) is 6.89. The van der Waals surface area contributed by atoms with Gasteiger partial charge in [0.05, 0.1) is 11.5 Å². The Morgan fingerprint density at radius 3 is 2.39 bits per heavy atom. The lowest BCUT2D eigenvalue weighted by Gasteiger charge is -2.16. The van der Waals surface area contributed by atoms with E-state index >= 15 is 0 Å². The number of carbonyl (C=O) groups is 1. The number of nitro groups is 1. The van der Waals surface area contributed by atoms with Crippen LogP contribution >= 0.6 is 0 Å². The molecule has 4 aromatic carbocycles. The summed E-state index contributed by atoms with van der Waals surface area (Å²) in [6, 6.07) is 21.2. The average Bonchev–Trinajstić information content (AvgIpc) is 3.31. The van der Waals surface area contributed by atoms with E-state index in [9.17, 15) is 19.3 Å². The maximum atomic E-state index is 13.3. The first kappa shape index (κ1) is 30.2. The summed E-state index contributed by atoms with van der Waals surface area (Å²) in [5.74, 6) is 0.202. The molecule has 0 radical (unpaired) electrons. The lowest BCUT2D eigenvalue weighted by Crippen LogP contribution is -2.18. The molecule has 5 rings (SSSR count). The Balaban J connectivity index is 1.59. The molecule has 1 unspecified atom stereocenters. The quantitative estimate of drug-likeness (QED) is 0.0766. The summed E-state index contributed by atoms with van der Waals surface area (Å²) < 4.78 is 26.5. The fourth-order valence-electron chi connectivity index (χ4n) is 5.19. The summed E-state index contributed by atoms with van der Waals surface area (Å²) in [5.41, 5.74) is 4.55. The third kappa shape index (κ3) is 6.37. The van der Waals surface area contributed by atoms with Gasteiger partial charge in [0, 0.05) is 64.4 Å². The van der Waals surface area contributed by atoms with Crippen LogP contribution in [0.2, 0.25) is 0 Å². The van der Waals surface area contributed by atoms with Crippen LogP contribution < -0.4 is 10.1 Å². The first-order valence-electron chi connectivity index (χ1n) is 14.0. The number of amides is 1. The van der Waals surface area contributed by atoms with Gasteiger partial charge >= 0.3 is 6.09 Å². The van der Waals surface area contributed by atoms with Crippen molar-refractivity contribution in [2.24, 2.45) is 5.16 Å². The van der Waals surface area contributed by atoms with Crippen LogP contribution in [0.3, 0.4) is 0 Å². The molecule has 44 heavy (non-hydrogen) atoms. The number of aromatic nitrogens is 1. The van der Waals surface area contributed by atoms with Crippen LogP contribution in [0, 0.1) is 22.9 Å². The third-order valence-electron chi connectivity index (χ3n) is 7.15. The number of anilines is 1. The fraction of sp³-hybridized carbons (Fsp3) is 0.212. The number of rotatable bonds is 10. The minimum Gasteiger partial charge on any atom is -0.488 e. The molecule has 0 bridgehead atoms. The maximum Gasteiger partial charge on any atom is 0.437 e. The van der Waals surface area contributed by atoms with Crippen molar-refractivity contribution in [2.75, 3.05) is 19.0 Å². The maximum absolute atomic E-state index is 13.3. The molecular weight excluding hydrogens is 567 g/mol. The van der Waals surface area contributed by atoms with Crippen LogP contribution in [-0.2, 0) is 16.1 Å². The van der Waals surface area contributed by atoms with Crippen LogP contribution in [0.4, 0.5) is 20.6 Å². The Kier molecular flexibility index (Phi) is 8.86. The van der Waals surface area contributed by atoms with Crippen molar-refractivity contribution >= 4 is 45.0 Å². The van der Waals surface area contributed by atoms with E-state index < -0.39 is 16.8 Å². The highest BCUT2D eigenvalue weighted by molar-refractivity contribution is 6.17. The fourth-order valence-corrected chi connectivity index (χ4v) is 5.19. The number of non-ortho nitro benzene ring substituents is 1. The van der Waals surface area contributed by atoms with Gasteiger partial charge in [-0.1, -0.05) is 11.2 Å². The minimum atomic E-state index is -0.862. The molecule has 0 saturated heterocycles. The van der Waals surface area contributed by atoms with Crippen LogP contribution in [0.1, 0.15) is 30.5 Å². The normalized spacial score (nSPS) is 12.3. The van der Waals surface area contributed by atoms with E-state index in [-0.39, 0.29) is 11.8 Å². The van der Waals surface area contributed by atoms with E-state index in [1.165, 1.54) is 30.3 Å². The molecular formula is C33H31FN4O6. The van der Waals surface area contributed by atoms with E-state index in [1.54, 1.807) is 25.3 Å². The number of nitrogens with zero attached hydrogens (tertiary/aromatic N) is 3. The zero-order valence-electron chi connectivity index (χ0n) is 24.7. The number of carbonyl (C=O) groups excluding carboxylic acids is 1. The zero-order valence-corrected chi connectivity index (χ0v) is 24.7. The highest BCUT2D eigenvalue weighted by Crippen LogP contribution is 2.33. The number of hydrogen-bond acceptors (Lipinski definition) is 7. The van der Waals surface area contributed by atoms with Crippen LogP contribution in [0.25, 0.3) is 21.8 Å². The standard InChI is InChI=1S/C33H31FN4O6/c1-5-37-30-14-6-22(17-28(30)29-18-25(38(40)41)11-15-31(29)37)32(36-44-33(39)35-24-9-7-23(34)8-10-24)27-13-12-26(16-20(27)2)43-21(3)19-42-4/h6-18,21H,5,19H2,1-4H3,(H,35,39)/b36-32-. The number of methoxy groups -OCH3 is 1. The molecule has 1 heterocycles. The third-order valence-corrected chi connectivity index (χ3v) is 7.15. The number of ether oxygens (including phenoxy) is 2. The molecule has 0 saturated carbocycles. The molecule has 0 spiro atoms. The van der Waals surface area contributed by atoms with Crippen molar-refractivity contribution in [3.8, 4) is 5.75 Å². The minimum absolute atomic E-state index is 0.0121. The second kappa shape index (κ2) is 12.9. The lowest BCUT2D eigenvalue weighted by atomic mass is 9.96. The summed E-state index contributed by atoms with van der Waals surface area (Å²) >= 11 is 0. The molecule has 0 aliphatic rings. The van der Waals surface area contributed by atoms with E-state index in [2.05, 4.69) is 15.0 Å². The number of nitrogens with one attached hydrogen (secondary N) is 1. The second-order valence-corrected chi connectivity index (χ2v) is 10.2. The molecule has 11 heteroatoms. The Labute approximate surface area is 252 Å². The van der Waals surface area contributed by atoms with Gasteiger partial charge in [-0.2, -0.15) is 0 Å². The Bertz CT molecular complexity index is 1880. The van der Waals surface area contributed by atoms with Gasteiger partial charge < -0.3 is 14.0 Å². The van der Waals surface area contributed by atoms with Crippen molar-refractivity contribution < 1.29 is 28.4 Å². The number of halogens is 1. The van der Waals surface area contributed by atoms with Crippen molar-refractivity contribution in [3.05, 3.63) is 111 Å². The van der Waals surface area contributed by atoms with Gasteiger partial charge in [-0.15, -0.1) is 0 Å². The van der Waals surface area contributed by atoms with E-state index in [1.807, 2.05) is 51.1 Å². The van der Waals surface area contributed by atoms with Gasteiger partial charge in [0.2, 0.25) is 0 Å². The van der Waals surface area contributed by atoms with E-state index in [0.717, 1.165) is 27.4 Å². The number of benzene rings is 4. The lowest BCUT2D eigenvalue weighted by molar-refractivity contribution is -0.384. The molecule has 1 N–H and O–H groups in total. The number of hydrogen-bond donors (Lipinski definition) is 1. The van der Waals surface area contributed by atoms with Crippen molar-refractivity contribution in [1.82, 2.24) is 4.57 Å². The molecule has 226 valence electrons. The molecule has 0 aliphatic carbocycles. The van der Waals surface area contributed by atoms with Crippen molar-refractivity contribution in [2.45, 2.75) is 33.4 Å². The van der Waals surface area contributed by atoms with Crippen molar-refractivity contribution in [3.63, 3.8) is 0 Å². The smallest absolute Gasteiger partial charge is 0.437 e. The topological polar surface area (TPSA) is 117 Å². The summed E-state index contributed by atoms with van der Waals surface area (Å²) in [6.07, 6.45) is -1.03. The molecule has 1 aromatic heterocycles. The van der Waals surface area contributed by atoms with Gasteiger partial charge in [0.1, 0.15) is 23.4 Å². The first-order valence-corrected chi connectivity index (χ1v) is 14.0. The summed E-state index contributed by atoms with van der Waals surface area (Å²) in [4.78, 5) is 29.1. The van der Waals surface area contributed by atoms with Crippen molar-refractivity contribution in [1.29, 1.82) is 0 Å². The van der Waals surface area contributed by atoms with Crippen LogP contribution in [-0.4, -0.2) is 41.1 Å². The molecule has 1 atom stereocenters. The van der Waals surface area contributed by atoms with Gasteiger partial charge in [-0.25, -0.2) is 9.18 Å². The largest absolute Gasteiger partial charge is 0.488 e. The molecule has 0 fully saturated rings. The molecule has 5 aromatic rings. The predicted molar refractivity (Wildman–Crippen MR) is 167 cm³/mol. The van der Waals surface area contributed by atoms with Crippen LogP contribution in [0.5, 0.6) is 5.75 Å². The second-order valence-electron chi connectivity index (χ2n) is 10.2. The Hall–Kier alpha value is -5.29. The van der Waals surface area contributed by atoms with Gasteiger partial charge in [-0.3, -0.25) is 20.3 Å². The summed E-state index contributed by atoms with van der Waals surface area (Å²) in [7, 11) is 1.61. The number of aryl methyl sites for hydroxylation is 2. The molecule has 10 nitrogen and oxygen atoms in total. The molecule has 1 amide bonds. The molecule has 0 aliphatic heterocycles. The first-order chi connectivity index (χ1) is 21.2. The Morgan fingerprint density at radius 2 is 1.73 bits per heavy atom. The zero-order chi connectivity index (χ0) is 31.4. The van der Waals surface area contributed by atoms with Gasteiger partial charge in [0.15, 0.2) is 0 Å².